The summed E-state index contributed by atoms with van der Waals surface area (Å²) in [7, 11) is 0. The summed E-state index contributed by atoms with van der Waals surface area (Å²) in [6.45, 7) is 1.94. The third-order valence-corrected chi connectivity index (χ3v) is 2.84. The van der Waals surface area contributed by atoms with Crippen LogP contribution in [0.15, 0.2) is 48.5 Å². The van der Waals surface area contributed by atoms with Crippen molar-refractivity contribution in [2.75, 3.05) is 6.61 Å². The van der Waals surface area contributed by atoms with Gasteiger partial charge in [0.2, 0.25) is 0 Å². The van der Waals surface area contributed by atoms with Gasteiger partial charge in [0.1, 0.15) is 5.75 Å². The molecule has 0 heterocycles. The van der Waals surface area contributed by atoms with Gasteiger partial charge in [-0.05, 0) is 24.6 Å². The standard InChI is InChI=1S/C15H13ClO2/c1-11-7-8-15(13(16)9-11)18-10-14(17)12-5-3-2-4-6-12/h2-9H,10H2,1H3. The molecule has 0 saturated heterocycles. The van der Waals surface area contributed by atoms with Crippen molar-refractivity contribution in [3.05, 3.63) is 64.7 Å². The Hall–Kier alpha value is -1.80. The van der Waals surface area contributed by atoms with Crippen LogP contribution in [0.2, 0.25) is 5.02 Å². The monoisotopic (exact) mass is 260 g/mol. The van der Waals surface area contributed by atoms with E-state index in [1.165, 1.54) is 0 Å². The summed E-state index contributed by atoms with van der Waals surface area (Å²) in [6.07, 6.45) is 0. The number of halogens is 1. The number of hydrogen-bond acceptors (Lipinski definition) is 2. The van der Waals surface area contributed by atoms with Crippen LogP contribution in [0, 0.1) is 6.92 Å². The van der Waals surface area contributed by atoms with Crippen molar-refractivity contribution < 1.29 is 9.53 Å². The molecule has 0 saturated carbocycles. The minimum atomic E-state index is -0.0627. The third-order valence-electron chi connectivity index (χ3n) is 2.54. The first-order valence-corrected chi connectivity index (χ1v) is 6.02. The van der Waals surface area contributed by atoms with Gasteiger partial charge in [0, 0.05) is 5.56 Å². The SMILES string of the molecule is Cc1ccc(OCC(=O)c2ccccc2)c(Cl)c1. The number of hydrogen-bond donors (Lipinski definition) is 0. The molecule has 0 radical (unpaired) electrons. The van der Waals surface area contributed by atoms with Crippen LogP contribution in [-0.2, 0) is 0 Å². The summed E-state index contributed by atoms with van der Waals surface area (Å²) in [6, 6.07) is 14.5. The van der Waals surface area contributed by atoms with Gasteiger partial charge in [0.15, 0.2) is 12.4 Å². The van der Waals surface area contributed by atoms with Crippen molar-refractivity contribution in [1.29, 1.82) is 0 Å². The Kier molecular flexibility index (Phi) is 4.00. The van der Waals surface area contributed by atoms with E-state index in [-0.39, 0.29) is 12.4 Å². The van der Waals surface area contributed by atoms with E-state index in [1.54, 1.807) is 18.2 Å². The molecule has 0 aliphatic rings. The second-order valence-electron chi connectivity index (χ2n) is 4.01. The zero-order valence-corrected chi connectivity index (χ0v) is 10.8. The van der Waals surface area contributed by atoms with Crippen LogP contribution in [0.1, 0.15) is 15.9 Å². The van der Waals surface area contributed by atoms with Crippen molar-refractivity contribution in [3.63, 3.8) is 0 Å². The van der Waals surface area contributed by atoms with Gasteiger partial charge in [0.25, 0.3) is 0 Å². The first-order valence-electron chi connectivity index (χ1n) is 5.64. The van der Waals surface area contributed by atoms with Crippen molar-refractivity contribution in [3.8, 4) is 5.75 Å². The fourth-order valence-electron chi connectivity index (χ4n) is 1.57. The molecule has 18 heavy (non-hydrogen) atoms. The normalized spacial score (nSPS) is 10.1. The number of Topliss-reactive ketones (excluding diaryl/α,β-unsaturated/α-hetero) is 1. The Labute approximate surface area is 111 Å². The molecule has 0 unspecified atom stereocenters. The minimum Gasteiger partial charge on any atom is -0.484 e. The lowest BCUT2D eigenvalue weighted by molar-refractivity contribution is 0.0921. The number of ketones is 1. The Morgan fingerprint density at radius 1 is 1.17 bits per heavy atom. The number of benzene rings is 2. The first kappa shape index (κ1) is 12.7. The van der Waals surface area contributed by atoms with E-state index < -0.39 is 0 Å². The van der Waals surface area contributed by atoms with Crippen LogP contribution in [0.3, 0.4) is 0 Å². The highest BCUT2D eigenvalue weighted by Gasteiger charge is 2.07. The molecule has 2 rings (SSSR count). The molecule has 0 N–H and O–H groups in total. The molecule has 92 valence electrons. The number of rotatable bonds is 4. The van der Waals surface area contributed by atoms with E-state index in [2.05, 4.69) is 0 Å². The van der Waals surface area contributed by atoms with Gasteiger partial charge >= 0.3 is 0 Å². The van der Waals surface area contributed by atoms with Gasteiger partial charge in [-0.3, -0.25) is 4.79 Å². The van der Waals surface area contributed by atoms with Crippen molar-refractivity contribution in [2.45, 2.75) is 6.92 Å². The lowest BCUT2D eigenvalue weighted by Crippen LogP contribution is -2.11. The van der Waals surface area contributed by atoms with Crippen LogP contribution in [0.5, 0.6) is 5.75 Å². The summed E-state index contributed by atoms with van der Waals surface area (Å²) in [5, 5.41) is 0.524. The number of carbonyl (C=O) groups is 1. The summed E-state index contributed by atoms with van der Waals surface area (Å²) in [5.41, 5.74) is 1.70. The highest BCUT2D eigenvalue weighted by molar-refractivity contribution is 6.32. The van der Waals surface area contributed by atoms with E-state index in [0.717, 1.165) is 5.56 Å². The Morgan fingerprint density at radius 3 is 2.56 bits per heavy atom. The third kappa shape index (κ3) is 3.11. The molecule has 0 fully saturated rings. The number of ether oxygens (including phenoxy) is 1. The Bertz CT molecular complexity index is 550. The molecule has 0 atom stereocenters. The van der Waals surface area contributed by atoms with Crippen molar-refractivity contribution >= 4 is 17.4 Å². The molecule has 0 bridgehead atoms. The fraction of sp³-hybridized carbons (Fsp3) is 0.133. The number of carbonyl (C=O) groups excluding carboxylic acids is 1. The van der Waals surface area contributed by atoms with E-state index in [9.17, 15) is 4.79 Å². The van der Waals surface area contributed by atoms with Crippen LogP contribution in [0.25, 0.3) is 0 Å². The lowest BCUT2D eigenvalue weighted by Gasteiger charge is -2.07. The zero-order chi connectivity index (χ0) is 13.0. The van der Waals surface area contributed by atoms with Gasteiger partial charge in [-0.1, -0.05) is 48.0 Å². The van der Waals surface area contributed by atoms with Gasteiger partial charge in [-0.15, -0.1) is 0 Å². The highest BCUT2D eigenvalue weighted by atomic mass is 35.5. The van der Waals surface area contributed by atoms with Crippen molar-refractivity contribution in [1.82, 2.24) is 0 Å². The lowest BCUT2D eigenvalue weighted by atomic mass is 10.1. The predicted molar refractivity (Wildman–Crippen MR) is 72.5 cm³/mol. The zero-order valence-electron chi connectivity index (χ0n) is 10.0. The van der Waals surface area contributed by atoms with E-state index >= 15 is 0 Å². The second-order valence-corrected chi connectivity index (χ2v) is 4.42. The van der Waals surface area contributed by atoms with Crippen molar-refractivity contribution in [2.24, 2.45) is 0 Å². The predicted octanol–water partition coefficient (Wildman–Crippen LogP) is 3.91. The molecule has 0 aromatic heterocycles. The quantitative estimate of drug-likeness (QED) is 0.779. The average Bonchev–Trinajstić information content (AvgIpc) is 2.38. The topological polar surface area (TPSA) is 26.3 Å². The summed E-state index contributed by atoms with van der Waals surface area (Å²) >= 11 is 6.02. The first-order chi connectivity index (χ1) is 8.66. The second kappa shape index (κ2) is 5.69. The van der Waals surface area contributed by atoms with Crippen LogP contribution in [-0.4, -0.2) is 12.4 Å². The molecule has 2 aromatic rings. The van der Waals surface area contributed by atoms with Gasteiger partial charge < -0.3 is 4.74 Å². The molecular weight excluding hydrogens is 248 g/mol. The van der Waals surface area contributed by atoms with E-state index in [0.29, 0.717) is 16.3 Å². The Morgan fingerprint density at radius 2 is 1.89 bits per heavy atom. The maximum atomic E-state index is 11.8. The van der Waals surface area contributed by atoms with Gasteiger partial charge in [-0.2, -0.15) is 0 Å². The molecule has 0 aliphatic heterocycles. The average molecular weight is 261 g/mol. The molecule has 0 aliphatic carbocycles. The molecule has 3 heteroatoms. The molecule has 0 amide bonds. The number of aryl methyl sites for hydroxylation is 1. The van der Waals surface area contributed by atoms with E-state index in [1.807, 2.05) is 37.3 Å². The largest absolute Gasteiger partial charge is 0.484 e. The molecule has 2 aromatic carbocycles. The maximum Gasteiger partial charge on any atom is 0.200 e. The fourth-order valence-corrected chi connectivity index (χ4v) is 1.86. The highest BCUT2D eigenvalue weighted by Crippen LogP contribution is 2.25. The minimum absolute atomic E-state index is 0.00715. The van der Waals surface area contributed by atoms with Gasteiger partial charge in [-0.25, -0.2) is 0 Å². The van der Waals surface area contributed by atoms with E-state index in [4.69, 9.17) is 16.3 Å². The molecule has 2 nitrogen and oxygen atoms in total. The molecule has 0 spiro atoms. The summed E-state index contributed by atoms with van der Waals surface area (Å²) in [5.74, 6) is 0.471. The van der Waals surface area contributed by atoms with Gasteiger partial charge in [0.05, 0.1) is 5.02 Å². The molecular formula is C15H13ClO2. The van der Waals surface area contributed by atoms with Crippen LogP contribution >= 0.6 is 11.6 Å². The van der Waals surface area contributed by atoms with Crippen LogP contribution < -0.4 is 4.74 Å². The summed E-state index contributed by atoms with van der Waals surface area (Å²) < 4.78 is 5.43. The summed E-state index contributed by atoms with van der Waals surface area (Å²) in [4.78, 5) is 11.8. The van der Waals surface area contributed by atoms with Crippen LogP contribution in [0.4, 0.5) is 0 Å². The Balaban J connectivity index is 2.02. The maximum absolute atomic E-state index is 11.8. The smallest absolute Gasteiger partial charge is 0.200 e.